The monoisotopic (exact) mass is 435 g/mol. The van der Waals surface area contributed by atoms with E-state index in [9.17, 15) is 4.79 Å². The zero-order valence-electron chi connectivity index (χ0n) is 13.6. The molecule has 4 heterocycles. The molecule has 0 aromatic carbocycles. The fourth-order valence-corrected chi connectivity index (χ4v) is 3.86. The van der Waals surface area contributed by atoms with Gasteiger partial charge in [0.25, 0.3) is 0 Å². The van der Waals surface area contributed by atoms with Gasteiger partial charge in [0.05, 0.1) is 35.4 Å². The molecule has 0 spiro atoms. The number of fused-ring (bicyclic) bond motifs is 1. The van der Waals surface area contributed by atoms with E-state index in [1.54, 1.807) is 35.9 Å². The van der Waals surface area contributed by atoms with Gasteiger partial charge in [-0.1, -0.05) is 11.6 Å². The summed E-state index contributed by atoms with van der Waals surface area (Å²) in [5.41, 5.74) is 1.93. The predicted molar refractivity (Wildman–Crippen MR) is 102 cm³/mol. The zero-order valence-corrected chi connectivity index (χ0v) is 16.0. The van der Waals surface area contributed by atoms with Crippen molar-refractivity contribution in [2.75, 3.05) is 11.4 Å². The van der Waals surface area contributed by atoms with Crippen molar-refractivity contribution in [2.45, 2.75) is 25.3 Å². The number of anilines is 1. The summed E-state index contributed by atoms with van der Waals surface area (Å²) in [6.45, 7) is 0.646. The van der Waals surface area contributed by atoms with Crippen LogP contribution in [0.15, 0.2) is 39.3 Å². The zero-order chi connectivity index (χ0) is 18.1. The highest BCUT2D eigenvalue weighted by Crippen LogP contribution is 2.32. The highest BCUT2D eigenvalue weighted by atomic mass is 79.9. The number of aromatic nitrogens is 4. The Hall–Kier alpha value is -2.26. The summed E-state index contributed by atoms with van der Waals surface area (Å²) in [7, 11) is 0. The second-order valence-electron chi connectivity index (χ2n) is 5.96. The molecule has 10 heteroatoms. The first-order valence-corrected chi connectivity index (χ1v) is 9.30. The first-order chi connectivity index (χ1) is 12.6. The van der Waals surface area contributed by atoms with Gasteiger partial charge in [-0.25, -0.2) is 9.79 Å². The molecule has 1 N–H and O–H groups in total. The van der Waals surface area contributed by atoms with Gasteiger partial charge in [0.2, 0.25) is 0 Å². The molecule has 8 nitrogen and oxygen atoms in total. The van der Waals surface area contributed by atoms with Crippen molar-refractivity contribution in [1.29, 1.82) is 0 Å². The van der Waals surface area contributed by atoms with Crippen LogP contribution in [0, 0.1) is 0 Å². The summed E-state index contributed by atoms with van der Waals surface area (Å²) in [6, 6.07) is -0.479. The minimum atomic E-state index is -0.292. The Bertz CT molecular complexity index is 896. The van der Waals surface area contributed by atoms with E-state index in [2.05, 4.69) is 41.4 Å². The third-order valence-corrected chi connectivity index (χ3v) is 5.27. The molecule has 2 amide bonds. The van der Waals surface area contributed by atoms with Crippen LogP contribution >= 0.6 is 27.5 Å². The van der Waals surface area contributed by atoms with Gasteiger partial charge in [-0.05, 0) is 34.3 Å². The molecule has 0 fully saturated rings. The second kappa shape index (κ2) is 7.16. The summed E-state index contributed by atoms with van der Waals surface area (Å²) in [5.74, 6) is 0.471. The molecule has 2 aromatic heterocycles. The molecule has 134 valence electrons. The van der Waals surface area contributed by atoms with Crippen molar-refractivity contribution in [2.24, 2.45) is 4.99 Å². The fourth-order valence-electron chi connectivity index (χ4n) is 3.05. The van der Waals surface area contributed by atoms with Crippen LogP contribution in [0.25, 0.3) is 5.82 Å². The number of hydrogen-bond donors (Lipinski definition) is 1. The predicted octanol–water partition coefficient (Wildman–Crippen LogP) is 2.81. The average Bonchev–Trinajstić information content (AvgIpc) is 3.16. The SMILES string of the molecule is O=C(NC1C=NC(n2nccn2)=C(Cl)C1)N1CCCc2c(Br)cncc21. The number of carbonyl (C=O) groups excluding carboxylic acids is 1. The Morgan fingerprint density at radius 2 is 2.12 bits per heavy atom. The Kier molecular flexibility index (Phi) is 4.73. The number of halogens is 2. The minimum Gasteiger partial charge on any atom is -0.330 e. The Balaban J connectivity index is 1.48. The van der Waals surface area contributed by atoms with Gasteiger partial charge in [0.1, 0.15) is 0 Å². The molecule has 0 saturated carbocycles. The first kappa shape index (κ1) is 17.2. The van der Waals surface area contributed by atoms with Gasteiger partial charge in [-0.2, -0.15) is 10.2 Å². The standard InChI is InChI=1S/C16H15BrClN7O/c17-12-8-19-9-14-11(12)2-1-5-24(14)16(26)23-10-6-13(18)15(20-7-10)25-21-3-4-22-25/h3-4,7-10H,1-2,5-6H2,(H,23,26). The average molecular weight is 437 g/mol. The number of rotatable bonds is 2. The van der Waals surface area contributed by atoms with Gasteiger partial charge in [-0.3, -0.25) is 9.88 Å². The number of nitrogens with one attached hydrogen (secondary N) is 1. The van der Waals surface area contributed by atoms with Crippen molar-refractivity contribution in [3.63, 3.8) is 0 Å². The maximum absolute atomic E-state index is 12.8. The summed E-state index contributed by atoms with van der Waals surface area (Å²) in [6.07, 6.45) is 10.5. The molecule has 0 saturated heterocycles. The summed E-state index contributed by atoms with van der Waals surface area (Å²) in [4.78, 5) is 24.3. The summed E-state index contributed by atoms with van der Waals surface area (Å²) in [5, 5.41) is 11.5. The number of nitrogens with zero attached hydrogens (tertiary/aromatic N) is 6. The largest absolute Gasteiger partial charge is 0.330 e. The lowest BCUT2D eigenvalue weighted by atomic mass is 10.0. The fraction of sp³-hybridized carbons (Fsp3) is 0.312. The van der Waals surface area contributed by atoms with E-state index in [1.165, 1.54) is 4.80 Å². The van der Waals surface area contributed by atoms with Crippen LogP contribution in [0.1, 0.15) is 18.4 Å². The van der Waals surface area contributed by atoms with Crippen molar-refractivity contribution < 1.29 is 4.79 Å². The van der Waals surface area contributed by atoms with Crippen molar-refractivity contribution in [3.05, 3.63) is 39.9 Å². The van der Waals surface area contributed by atoms with E-state index in [1.807, 2.05) is 0 Å². The van der Waals surface area contributed by atoms with E-state index in [4.69, 9.17) is 11.6 Å². The highest BCUT2D eigenvalue weighted by Gasteiger charge is 2.27. The molecule has 2 aliphatic rings. The van der Waals surface area contributed by atoms with Crippen LogP contribution in [-0.4, -0.2) is 44.8 Å². The van der Waals surface area contributed by atoms with Gasteiger partial charge >= 0.3 is 6.03 Å². The number of urea groups is 1. The quantitative estimate of drug-likeness (QED) is 0.784. The third-order valence-electron chi connectivity index (χ3n) is 4.26. The molecule has 0 bridgehead atoms. The van der Waals surface area contributed by atoms with Crippen molar-refractivity contribution >= 4 is 51.3 Å². The molecule has 2 aromatic rings. The van der Waals surface area contributed by atoms with E-state index >= 15 is 0 Å². The van der Waals surface area contributed by atoms with Crippen LogP contribution < -0.4 is 10.2 Å². The topological polar surface area (TPSA) is 88.3 Å². The van der Waals surface area contributed by atoms with Crippen LogP contribution in [0.5, 0.6) is 0 Å². The smallest absolute Gasteiger partial charge is 0.322 e. The lowest BCUT2D eigenvalue weighted by Crippen LogP contribution is -2.48. The summed E-state index contributed by atoms with van der Waals surface area (Å²) >= 11 is 9.83. The maximum Gasteiger partial charge on any atom is 0.322 e. The Labute approximate surface area is 163 Å². The molecule has 1 unspecified atom stereocenters. The van der Waals surface area contributed by atoms with Crippen LogP contribution in [0.4, 0.5) is 10.5 Å². The third kappa shape index (κ3) is 3.24. The van der Waals surface area contributed by atoms with Crippen LogP contribution in [0.3, 0.4) is 0 Å². The number of amides is 2. The number of carbonyl (C=O) groups is 1. The van der Waals surface area contributed by atoms with Crippen LogP contribution in [-0.2, 0) is 6.42 Å². The second-order valence-corrected chi connectivity index (χ2v) is 7.27. The molecular weight excluding hydrogens is 422 g/mol. The van der Waals surface area contributed by atoms with Gasteiger partial charge in [0, 0.05) is 29.8 Å². The summed E-state index contributed by atoms with van der Waals surface area (Å²) < 4.78 is 0.925. The molecule has 2 aliphatic heterocycles. The first-order valence-electron chi connectivity index (χ1n) is 8.13. The van der Waals surface area contributed by atoms with E-state index in [0.29, 0.717) is 23.8 Å². The van der Waals surface area contributed by atoms with E-state index in [-0.39, 0.29) is 12.1 Å². The lowest BCUT2D eigenvalue weighted by Gasteiger charge is -2.31. The molecule has 0 aliphatic carbocycles. The highest BCUT2D eigenvalue weighted by molar-refractivity contribution is 9.10. The number of pyridine rings is 1. The molecule has 0 radical (unpaired) electrons. The van der Waals surface area contributed by atoms with Gasteiger partial charge in [-0.15, -0.1) is 4.80 Å². The van der Waals surface area contributed by atoms with Crippen molar-refractivity contribution in [1.82, 2.24) is 25.3 Å². The minimum absolute atomic E-state index is 0.188. The maximum atomic E-state index is 12.8. The van der Waals surface area contributed by atoms with E-state index < -0.39 is 0 Å². The molecular formula is C16H15BrClN7O. The van der Waals surface area contributed by atoms with Crippen molar-refractivity contribution in [3.8, 4) is 0 Å². The number of aliphatic imine (C=N–C) groups is 1. The normalized spacial score (nSPS) is 19.5. The van der Waals surface area contributed by atoms with Gasteiger partial charge in [0.15, 0.2) is 5.82 Å². The van der Waals surface area contributed by atoms with E-state index in [0.717, 1.165) is 28.6 Å². The van der Waals surface area contributed by atoms with Crippen LogP contribution in [0.2, 0.25) is 0 Å². The Morgan fingerprint density at radius 3 is 2.88 bits per heavy atom. The molecule has 4 rings (SSSR count). The Morgan fingerprint density at radius 1 is 1.31 bits per heavy atom. The lowest BCUT2D eigenvalue weighted by molar-refractivity contribution is 0.244. The molecule has 1 atom stereocenters. The van der Waals surface area contributed by atoms with Gasteiger partial charge < -0.3 is 5.32 Å². The number of hydrogen-bond acceptors (Lipinski definition) is 5. The molecule has 26 heavy (non-hydrogen) atoms.